The first kappa shape index (κ1) is 21.9. The lowest BCUT2D eigenvalue weighted by Gasteiger charge is -2.25. The Bertz CT molecular complexity index is 1040. The van der Waals surface area contributed by atoms with Crippen molar-refractivity contribution in [1.29, 1.82) is 0 Å². The molecular formula is C17H17FN2O8S. The van der Waals surface area contributed by atoms with Crippen LogP contribution in [0.5, 0.6) is 11.5 Å². The smallest absolute Gasteiger partial charge is 0.326 e. The Kier molecular flexibility index (Phi) is 6.59. The Morgan fingerprint density at radius 3 is 2.24 bits per heavy atom. The van der Waals surface area contributed by atoms with E-state index in [9.17, 15) is 27.7 Å². The second-order valence-electron chi connectivity index (χ2n) is 5.50. The van der Waals surface area contributed by atoms with E-state index in [4.69, 9.17) is 9.47 Å². The predicted molar refractivity (Wildman–Crippen MR) is 99.1 cm³/mol. The van der Waals surface area contributed by atoms with Crippen molar-refractivity contribution in [2.75, 3.05) is 32.2 Å². The topological polar surface area (TPSA) is 125 Å². The third kappa shape index (κ3) is 4.54. The summed E-state index contributed by atoms with van der Waals surface area (Å²) in [5.41, 5.74) is -0.727. The summed E-state index contributed by atoms with van der Waals surface area (Å²) in [4.78, 5) is 21.7. The fraction of sp³-hybridized carbons (Fsp3) is 0.235. The predicted octanol–water partition coefficient (Wildman–Crippen LogP) is 2.12. The Hall–Kier alpha value is -3.41. The van der Waals surface area contributed by atoms with Gasteiger partial charge in [0.2, 0.25) is 0 Å². The van der Waals surface area contributed by atoms with E-state index in [1.165, 1.54) is 20.3 Å². The molecule has 0 N–H and O–H groups in total. The Morgan fingerprint density at radius 2 is 1.72 bits per heavy atom. The number of nitro benzene ring substituents is 1. The van der Waals surface area contributed by atoms with Gasteiger partial charge in [0.15, 0.2) is 11.6 Å². The minimum absolute atomic E-state index is 0.0583. The fourth-order valence-electron chi connectivity index (χ4n) is 2.40. The summed E-state index contributed by atoms with van der Waals surface area (Å²) >= 11 is 0. The molecule has 2 rings (SSSR count). The molecule has 0 amide bonds. The molecule has 0 saturated carbocycles. The first-order valence-electron chi connectivity index (χ1n) is 7.91. The summed E-state index contributed by atoms with van der Waals surface area (Å²) < 4.78 is 55.4. The molecule has 0 fully saturated rings. The molecule has 0 aliphatic carbocycles. The summed E-state index contributed by atoms with van der Waals surface area (Å²) in [6.45, 7) is -0.829. The summed E-state index contributed by atoms with van der Waals surface area (Å²) in [5.74, 6) is -2.14. The van der Waals surface area contributed by atoms with E-state index >= 15 is 0 Å². The molecule has 10 nitrogen and oxygen atoms in total. The quantitative estimate of drug-likeness (QED) is 0.356. The van der Waals surface area contributed by atoms with Crippen LogP contribution in [-0.2, 0) is 19.6 Å². The second-order valence-corrected chi connectivity index (χ2v) is 7.36. The minimum atomic E-state index is -4.55. The molecule has 0 saturated heterocycles. The number of methoxy groups -OCH3 is 3. The van der Waals surface area contributed by atoms with E-state index in [2.05, 4.69) is 4.74 Å². The molecule has 0 bridgehead atoms. The van der Waals surface area contributed by atoms with Gasteiger partial charge in [0.05, 0.1) is 31.1 Å². The summed E-state index contributed by atoms with van der Waals surface area (Å²) in [7, 11) is -1.07. The van der Waals surface area contributed by atoms with Crippen molar-refractivity contribution in [1.82, 2.24) is 0 Å². The second kappa shape index (κ2) is 8.73. The number of rotatable bonds is 8. The van der Waals surface area contributed by atoms with Gasteiger partial charge in [-0.3, -0.25) is 19.2 Å². The van der Waals surface area contributed by atoms with Gasteiger partial charge in [-0.05, 0) is 24.3 Å². The van der Waals surface area contributed by atoms with Crippen LogP contribution in [-0.4, -0.2) is 47.2 Å². The van der Waals surface area contributed by atoms with Crippen molar-refractivity contribution >= 4 is 27.4 Å². The molecule has 0 atom stereocenters. The third-order valence-electron chi connectivity index (χ3n) is 3.85. The van der Waals surface area contributed by atoms with Crippen molar-refractivity contribution in [3.05, 3.63) is 52.3 Å². The molecule has 12 heteroatoms. The lowest BCUT2D eigenvalue weighted by Crippen LogP contribution is -2.36. The first-order chi connectivity index (χ1) is 13.6. The summed E-state index contributed by atoms with van der Waals surface area (Å²) in [6, 6.07) is 6.11. The normalized spacial score (nSPS) is 10.9. The maximum absolute atomic E-state index is 14.1. The number of hydrogen-bond donors (Lipinski definition) is 0. The minimum Gasteiger partial charge on any atom is -0.495 e. The highest BCUT2D eigenvalue weighted by Gasteiger charge is 2.31. The number of halogens is 1. The number of non-ortho nitro benzene ring substituents is 1. The zero-order valence-corrected chi connectivity index (χ0v) is 16.4. The van der Waals surface area contributed by atoms with Gasteiger partial charge >= 0.3 is 5.97 Å². The molecule has 0 heterocycles. The monoisotopic (exact) mass is 428 g/mol. The van der Waals surface area contributed by atoms with Crippen LogP contribution in [0.25, 0.3) is 0 Å². The van der Waals surface area contributed by atoms with E-state index in [0.717, 1.165) is 31.4 Å². The zero-order chi connectivity index (χ0) is 21.8. The van der Waals surface area contributed by atoms with Gasteiger partial charge in [-0.25, -0.2) is 12.8 Å². The van der Waals surface area contributed by atoms with Crippen LogP contribution in [0.1, 0.15) is 0 Å². The molecule has 29 heavy (non-hydrogen) atoms. The fourth-order valence-corrected chi connectivity index (χ4v) is 3.83. The number of nitrogens with zero attached hydrogens (tertiary/aromatic N) is 2. The summed E-state index contributed by atoms with van der Waals surface area (Å²) in [6.07, 6.45) is 0. The van der Waals surface area contributed by atoms with Crippen LogP contribution in [0, 0.1) is 15.9 Å². The van der Waals surface area contributed by atoms with Crippen LogP contribution in [0.2, 0.25) is 0 Å². The number of nitro groups is 1. The highest BCUT2D eigenvalue weighted by Crippen LogP contribution is 2.36. The average Bonchev–Trinajstić information content (AvgIpc) is 2.70. The van der Waals surface area contributed by atoms with Gasteiger partial charge in [-0.1, -0.05) is 0 Å². The first-order valence-corrected chi connectivity index (χ1v) is 9.35. The molecule has 2 aromatic carbocycles. The maximum atomic E-state index is 14.1. The Balaban J connectivity index is 2.70. The standard InChI is InChI=1S/C17H17FN2O8S/c1-26-15-7-5-12(9-13(15)18)29(24,25)19(10-17(21)28-3)14-8-11(20(22)23)4-6-16(14)27-2/h4-9H,10H2,1-3H3. The van der Waals surface area contributed by atoms with Gasteiger partial charge in [0.25, 0.3) is 15.7 Å². The van der Waals surface area contributed by atoms with Crippen molar-refractivity contribution < 1.29 is 36.7 Å². The van der Waals surface area contributed by atoms with Crippen molar-refractivity contribution in [3.63, 3.8) is 0 Å². The largest absolute Gasteiger partial charge is 0.495 e. The summed E-state index contributed by atoms with van der Waals surface area (Å²) in [5, 5.41) is 11.1. The lowest BCUT2D eigenvalue weighted by molar-refractivity contribution is -0.384. The number of carbonyl (C=O) groups is 1. The highest BCUT2D eigenvalue weighted by molar-refractivity contribution is 7.92. The van der Waals surface area contributed by atoms with Crippen LogP contribution in [0.4, 0.5) is 15.8 Å². The van der Waals surface area contributed by atoms with E-state index in [-0.39, 0.29) is 17.2 Å². The number of hydrogen-bond acceptors (Lipinski definition) is 8. The van der Waals surface area contributed by atoms with E-state index < -0.39 is 43.9 Å². The number of anilines is 1. The number of ether oxygens (including phenoxy) is 3. The number of benzene rings is 2. The van der Waals surface area contributed by atoms with Crippen molar-refractivity contribution in [2.45, 2.75) is 4.90 Å². The van der Waals surface area contributed by atoms with Crippen molar-refractivity contribution in [2.24, 2.45) is 0 Å². The number of carbonyl (C=O) groups excluding carboxylic acids is 1. The number of sulfonamides is 1. The SMILES string of the molecule is COC(=O)CN(c1cc([N+](=O)[O-])ccc1OC)S(=O)(=O)c1ccc(OC)c(F)c1. The van der Waals surface area contributed by atoms with E-state index in [0.29, 0.717) is 10.4 Å². The molecule has 0 unspecified atom stereocenters. The van der Waals surface area contributed by atoms with Crippen LogP contribution in [0.3, 0.4) is 0 Å². The van der Waals surface area contributed by atoms with E-state index in [1.54, 1.807) is 0 Å². The van der Waals surface area contributed by atoms with E-state index in [1.807, 2.05) is 0 Å². The number of esters is 1. The molecule has 0 aliphatic heterocycles. The van der Waals surface area contributed by atoms with Gasteiger partial charge in [-0.15, -0.1) is 0 Å². The Morgan fingerprint density at radius 1 is 1.10 bits per heavy atom. The molecule has 0 radical (unpaired) electrons. The highest BCUT2D eigenvalue weighted by atomic mass is 32.2. The third-order valence-corrected chi connectivity index (χ3v) is 5.61. The molecular weight excluding hydrogens is 411 g/mol. The van der Waals surface area contributed by atoms with Gasteiger partial charge in [-0.2, -0.15) is 0 Å². The molecule has 2 aromatic rings. The molecule has 0 aromatic heterocycles. The molecule has 0 spiro atoms. The maximum Gasteiger partial charge on any atom is 0.326 e. The van der Waals surface area contributed by atoms with Crippen molar-refractivity contribution in [3.8, 4) is 11.5 Å². The van der Waals surface area contributed by atoms with Crippen LogP contribution >= 0.6 is 0 Å². The molecule has 156 valence electrons. The van der Waals surface area contributed by atoms with Gasteiger partial charge in [0.1, 0.15) is 18.0 Å². The van der Waals surface area contributed by atoms with Gasteiger partial charge in [0, 0.05) is 12.1 Å². The van der Waals surface area contributed by atoms with Gasteiger partial charge < -0.3 is 14.2 Å². The zero-order valence-electron chi connectivity index (χ0n) is 15.6. The van der Waals surface area contributed by atoms with Crippen LogP contribution < -0.4 is 13.8 Å². The lowest BCUT2D eigenvalue weighted by atomic mass is 10.2. The van der Waals surface area contributed by atoms with Crippen LogP contribution in [0.15, 0.2) is 41.3 Å². The molecule has 0 aliphatic rings. The Labute approximate surface area is 165 Å². The average molecular weight is 428 g/mol.